The van der Waals surface area contributed by atoms with Gasteiger partial charge < -0.3 is 5.11 Å². The number of β-amino-alcohol motifs (C(OH)–C–C–N with tert-alkyl or cyclic N) is 1. The van der Waals surface area contributed by atoms with Crippen LogP contribution < -0.4 is 0 Å². The summed E-state index contributed by atoms with van der Waals surface area (Å²) in [6.07, 6.45) is 0.463. The van der Waals surface area contributed by atoms with Crippen molar-refractivity contribution in [1.82, 2.24) is 4.90 Å². The van der Waals surface area contributed by atoms with Gasteiger partial charge in [-0.3, -0.25) is 9.69 Å². The van der Waals surface area contributed by atoms with E-state index >= 15 is 0 Å². The number of Topliss-reactive ketones (excluding diaryl/α,β-unsaturated/α-hetero) is 1. The third kappa shape index (κ3) is 2.79. The van der Waals surface area contributed by atoms with Crippen LogP contribution in [0.1, 0.15) is 31.9 Å². The summed E-state index contributed by atoms with van der Waals surface area (Å²) < 4.78 is 0. The molecule has 0 bridgehead atoms. The van der Waals surface area contributed by atoms with E-state index in [0.29, 0.717) is 6.54 Å². The lowest BCUT2D eigenvalue weighted by atomic mass is 9.94. The molecule has 1 aliphatic heterocycles. The Bertz CT molecular complexity index is 402. The minimum absolute atomic E-state index is 0.00736. The summed E-state index contributed by atoms with van der Waals surface area (Å²) >= 11 is 0. The number of nitrogens with zero attached hydrogens (tertiary/aromatic N) is 1. The summed E-state index contributed by atoms with van der Waals surface area (Å²) in [5.41, 5.74) is 1.03. The molecule has 0 aliphatic carbocycles. The Kier molecular flexibility index (Phi) is 4.15. The first-order chi connectivity index (χ1) is 8.59. The number of benzene rings is 1. The monoisotopic (exact) mass is 247 g/mol. The standard InChI is InChI=1S/C15H21NO2/c1-11(2)15(18)14(12-6-4-3-5-7-12)16-9-8-13(17)10-16/h3-7,11,13-14,17H,8-10H2,1-2H3/t13-,14?/m0/s1. The van der Waals surface area contributed by atoms with E-state index in [2.05, 4.69) is 4.90 Å². The molecule has 1 aromatic carbocycles. The van der Waals surface area contributed by atoms with Crippen LogP contribution in [0.5, 0.6) is 0 Å². The van der Waals surface area contributed by atoms with Gasteiger partial charge in [-0.2, -0.15) is 0 Å². The van der Waals surface area contributed by atoms with Gasteiger partial charge in [0, 0.05) is 19.0 Å². The van der Waals surface area contributed by atoms with Gasteiger partial charge in [0.25, 0.3) is 0 Å². The zero-order chi connectivity index (χ0) is 13.1. The fraction of sp³-hybridized carbons (Fsp3) is 0.533. The zero-order valence-corrected chi connectivity index (χ0v) is 11.0. The van der Waals surface area contributed by atoms with E-state index in [1.54, 1.807) is 0 Å². The normalized spacial score (nSPS) is 22.3. The predicted molar refractivity (Wildman–Crippen MR) is 71.2 cm³/mol. The Balaban J connectivity index is 2.26. The summed E-state index contributed by atoms with van der Waals surface area (Å²) in [5, 5.41) is 9.66. The summed E-state index contributed by atoms with van der Waals surface area (Å²) in [6.45, 7) is 5.26. The third-order valence-corrected chi connectivity index (χ3v) is 3.51. The zero-order valence-electron chi connectivity index (χ0n) is 11.0. The molecule has 0 aromatic heterocycles. The van der Waals surface area contributed by atoms with E-state index in [4.69, 9.17) is 0 Å². The lowest BCUT2D eigenvalue weighted by Gasteiger charge is -2.28. The highest BCUT2D eigenvalue weighted by Crippen LogP contribution is 2.28. The average Bonchev–Trinajstić information content (AvgIpc) is 2.77. The van der Waals surface area contributed by atoms with E-state index in [1.807, 2.05) is 44.2 Å². The molecule has 18 heavy (non-hydrogen) atoms. The molecule has 0 radical (unpaired) electrons. The van der Waals surface area contributed by atoms with Crippen molar-refractivity contribution in [2.75, 3.05) is 13.1 Å². The number of carbonyl (C=O) groups excluding carboxylic acids is 1. The molecule has 1 fully saturated rings. The molecule has 1 saturated heterocycles. The van der Waals surface area contributed by atoms with Crippen LogP contribution in [0.15, 0.2) is 30.3 Å². The van der Waals surface area contributed by atoms with Crippen molar-refractivity contribution >= 4 is 5.78 Å². The third-order valence-electron chi connectivity index (χ3n) is 3.51. The predicted octanol–water partition coefficient (Wildman–Crippen LogP) is 2.02. The molecule has 98 valence electrons. The molecular formula is C15H21NO2. The van der Waals surface area contributed by atoms with Gasteiger partial charge in [-0.25, -0.2) is 0 Å². The number of aliphatic hydroxyl groups excluding tert-OH is 1. The molecular weight excluding hydrogens is 226 g/mol. The van der Waals surface area contributed by atoms with Gasteiger partial charge in [0.15, 0.2) is 5.78 Å². The largest absolute Gasteiger partial charge is 0.392 e. The van der Waals surface area contributed by atoms with Gasteiger partial charge in [0.05, 0.1) is 12.1 Å². The number of carbonyl (C=O) groups is 1. The van der Waals surface area contributed by atoms with Crippen molar-refractivity contribution < 1.29 is 9.90 Å². The molecule has 1 aromatic rings. The van der Waals surface area contributed by atoms with Crippen LogP contribution in [0.25, 0.3) is 0 Å². The number of hydrogen-bond donors (Lipinski definition) is 1. The minimum Gasteiger partial charge on any atom is -0.392 e. The van der Waals surface area contributed by atoms with Crippen LogP contribution in [0, 0.1) is 5.92 Å². The summed E-state index contributed by atoms with van der Waals surface area (Å²) in [4.78, 5) is 14.5. The van der Waals surface area contributed by atoms with Crippen molar-refractivity contribution in [3.8, 4) is 0 Å². The SMILES string of the molecule is CC(C)C(=O)C(c1ccccc1)N1CC[C@H](O)C1. The second kappa shape index (κ2) is 5.63. The van der Waals surface area contributed by atoms with Crippen molar-refractivity contribution in [3.05, 3.63) is 35.9 Å². The molecule has 2 rings (SSSR count). The lowest BCUT2D eigenvalue weighted by Crippen LogP contribution is -2.35. The van der Waals surface area contributed by atoms with Crippen LogP contribution in [-0.2, 0) is 4.79 Å². The molecule has 3 heteroatoms. The lowest BCUT2D eigenvalue weighted by molar-refractivity contribution is -0.127. The molecule has 0 amide bonds. The number of likely N-dealkylation sites (tertiary alicyclic amines) is 1. The van der Waals surface area contributed by atoms with Gasteiger partial charge >= 0.3 is 0 Å². The van der Waals surface area contributed by atoms with Gasteiger partial charge in [0.1, 0.15) is 0 Å². The second-order valence-corrected chi connectivity index (χ2v) is 5.31. The first kappa shape index (κ1) is 13.2. The molecule has 3 nitrogen and oxygen atoms in total. The van der Waals surface area contributed by atoms with Crippen molar-refractivity contribution in [2.45, 2.75) is 32.4 Å². The first-order valence-corrected chi connectivity index (χ1v) is 6.60. The number of ketones is 1. The molecule has 0 spiro atoms. The van der Waals surface area contributed by atoms with Crippen LogP contribution >= 0.6 is 0 Å². The molecule has 1 aliphatic rings. The molecule has 0 saturated carbocycles. The van der Waals surface area contributed by atoms with Crippen LogP contribution in [0.2, 0.25) is 0 Å². The summed E-state index contributed by atoms with van der Waals surface area (Å²) in [5.74, 6) is 0.239. The Hall–Kier alpha value is -1.19. The average molecular weight is 247 g/mol. The summed E-state index contributed by atoms with van der Waals surface area (Å²) in [6, 6.07) is 9.67. The Morgan fingerprint density at radius 3 is 2.50 bits per heavy atom. The van der Waals surface area contributed by atoms with Crippen LogP contribution in [-0.4, -0.2) is 35.0 Å². The van der Waals surface area contributed by atoms with Gasteiger partial charge in [-0.05, 0) is 12.0 Å². The fourth-order valence-corrected chi connectivity index (χ4v) is 2.51. The van der Waals surface area contributed by atoms with Gasteiger partial charge in [0.2, 0.25) is 0 Å². The Morgan fingerprint density at radius 1 is 1.33 bits per heavy atom. The van der Waals surface area contributed by atoms with Gasteiger partial charge in [-0.15, -0.1) is 0 Å². The van der Waals surface area contributed by atoms with Gasteiger partial charge in [-0.1, -0.05) is 44.2 Å². The maximum Gasteiger partial charge on any atom is 0.157 e. The van der Waals surface area contributed by atoms with Crippen LogP contribution in [0.3, 0.4) is 0 Å². The second-order valence-electron chi connectivity index (χ2n) is 5.31. The van der Waals surface area contributed by atoms with Crippen LogP contribution in [0.4, 0.5) is 0 Å². The quantitative estimate of drug-likeness (QED) is 0.885. The van der Waals surface area contributed by atoms with Crippen molar-refractivity contribution in [1.29, 1.82) is 0 Å². The number of rotatable bonds is 4. The van der Waals surface area contributed by atoms with E-state index in [0.717, 1.165) is 18.5 Å². The minimum atomic E-state index is -0.295. The highest BCUT2D eigenvalue weighted by molar-refractivity contribution is 5.87. The smallest absolute Gasteiger partial charge is 0.157 e. The molecule has 2 atom stereocenters. The Labute approximate surface area is 108 Å². The summed E-state index contributed by atoms with van der Waals surface area (Å²) in [7, 11) is 0. The van der Waals surface area contributed by atoms with E-state index < -0.39 is 0 Å². The highest BCUT2D eigenvalue weighted by Gasteiger charge is 2.33. The van der Waals surface area contributed by atoms with E-state index in [9.17, 15) is 9.90 Å². The van der Waals surface area contributed by atoms with Crippen molar-refractivity contribution in [3.63, 3.8) is 0 Å². The van der Waals surface area contributed by atoms with E-state index in [-0.39, 0.29) is 23.8 Å². The fourth-order valence-electron chi connectivity index (χ4n) is 2.51. The molecule has 1 heterocycles. The van der Waals surface area contributed by atoms with E-state index in [1.165, 1.54) is 0 Å². The molecule has 1 unspecified atom stereocenters. The Morgan fingerprint density at radius 2 is 2.00 bits per heavy atom. The molecule has 1 N–H and O–H groups in total. The topological polar surface area (TPSA) is 40.5 Å². The highest BCUT2D eigenvalue weighted by atomic mass is 16.3. The first-order valence-electron chi connectivity index (χ1n) is 6.60. The number of aliphatic hydroxyl groups is 1. The van der Waals surface area contributed by atoms with Crippen molar-refractivity contribution in [2.24, 2.45) is 5.92 Å². The maximum absolute atomic E-state index is 12.4. The number of hydrogen-bond acceptors (Lipinski definition) is 3. The maximum atomic E-state index is 12.4.